The first-order valence-electron chi connectivity index (χ1n) is 15.2. The fraction of sp³-hybridized carbons (Fsp3) is 0.786. The predicted molar refractivity (Wildman–Crippen MR) is 156 cm³/mol. The monoisotopic (exact) mass is 694 g/mol. The molecule has 1 aromatic heterocycles. The maximum absolute atomic E-state index is 11.8. The van der Waals surface area contributed by atoms with Crippen molar-refractivity contribution in [2.45, 2.75) is 111 Å². The van der Waals surface area contributed by atoms with Gasteiger partial charge < -0.3 is 81.4 Å². The molecule has 0 saturated carbocycles. The van der Waals surface area contributed by atoms with Gasteiger partial charge in [-0.15, -0.1) is 0 Å². The number of hydrogen-bond acceptors (Lipinski definition) is 18. The Morgan fingerprint density at radius 2 is 1.00 bits per heavy atom. The van der Waals surface area contributed by atoms with E-state index < -0.39 is 135 Å². The van der Waals surface area contributed by atoms with Crippen LogP contribution in [0.1, 0.15) is 37.1 Å². The third kappa shape index (κ3) is 8.60. The third-order valence-corrected chi connectivity index (χ3v) is 8.71. The number of ether oxygens (including phenoxy) is 2. The summed E-state index contributed by atoms with van der Waals surface area (Å²) >= 11 is 0. The first kappa shape index (κ1) is 39.9. The van der Waals surface area contributed by atoms with Gasteiger partial charge in [0.15, 0.2) is 0 Å². The van der Waals surface area contributed by atoms with Gasteiger partial charge >= 0.3 is 0 Å². The lowest BCUT2D eigenvalue weighted by molar-refractivity contribution is -0.228. The minimum absolute atomic E-state index is 0.116. The summed E-state index contributed by atoms with van der Waals surface area (Å²) in [6.45, 7) is -1.01. The van der Waals surface area contributed by atoms with E-state index in [0.29, 0.717) is 0 Å². The highest BCUT2D eigenvalue weighted by Gasteiger charge is 2.51. The summed E-state index contributed by atoms with van der Waals surface area (Å²) in [7, 11) is 0. The Labute approximate surface area is 274 Å². The fourth-order valence-corrected chi connectivity index (χ4v) is 6.03. The van der Waals surface area contributed by atoms with Crippen LogP contribution in [0, 0.1) is 0 Å². The van der Waals surface area contributed by atoms with E-state index in [4.69, 9.17) is 9.47 Å². The van der Waals surface area contributed by atoms with E-state index in [1.54, 1.807) is 0 Å². The predicted octanol–water partition coefficient (Wildman–Crippen LogP) is -7.96. The van der Waals surface area contributed by atoms with Gasteiger partial charge in [-0.3, -0.25) is 19.6 Å². The molecule has 16 atom stereocenters. The van der Waals surface area contributed by atoms with Gasteiger partial charge in [0.05, 0.1) is 73.9 Å². The first-order valence-corrected chi connectivity index (χ1v) is 15.2. The second kappa shape index (κ2) is 17.4. The Morgan fingerprint density at radius 3 is 1.25 bits per heavy atom. The van der Waals surface area contributed by atoms with E-state index in [9.17, 15) is 70.9 Å². The number of carbonyl (C=O) groups is 2. The number of aliphatic hydroxyl groups excluding tert-OH is 12. The fourth-order valence-electron chi connectivity index (χ4n) is 6.03. The minimum Gasteiger partial charge on any atom is -0.396 e. The number of hydrogen-bond donors (Lipinski definition) is 14. The van der Waals surface area contributed by atoms with E-state index in [1.807, 2.05) is 0 Å². The molecule has 1 aromatic rings. The van der Waals surface area contributed by atoms with Gasteiger partial charge in [-0.1, -0.05) is 0 Å². The molecule has 0 aliphatic carbocycles. The molecule has 3 rings (SSSR count). The molecule has 14 N–H and O–H groups in total. The second-order valence-electron chi connectivity index (χ2n) is 12.0. The molecule has 0 radical (unpaired) electrons. The minimum atomic E-state index is -1.94. The van der Waals surface area contributed by atoms with Crippen LogP contribution in [0.25, 0.3) is 0 Å². The zero-order valence-electron chi connectivity index (χ0n) is 26.1. The van der Waals surface area contributed by atoms with Crippen LogP contribution in [0.2, 0.25) is 0 Å². The Hall–Kier alpha value is -2.54. The van der Waals surface area contributed by atoms with Crippen LogP contribution in [-0.2, 0) is 19.1 Å². The van der Waals surface area contributed by atoms with E-state index in [1.165, 1.54) is 0 Å². The van der Waals surface area contributed by atoms with E-state index in [2.05, 4.69) is 20.6 Å². The van der Waals surface area contributed by atoms with Gasteiger partial charge in [0.25, 0.3) is 0 Å². The summed E-state index contributed by atoms with van der Waals surface area (Å²) < 4.78 is 11.0. The van der Waals surface area contributed by atoms with Crippen molar-refractivity contribution in [2.75, 3.05) is 26.4 Å². The SMILES string of the molecule is CC(=O)N[C@H]1[C@@H](O)[C@H](O)[C@@H](CO)O[C@H]1C(O)C(O)C(CO)c1cnc(C(CO)C(O)C(O)[C@@H]2O[C@H](CO)[C@@H](O)[C@H](O)[C@@H]2NC(C)=O)cn1. The number of amides is 2. The Bertz CT molecular complexity index is 1100. The molecule has 0 bridgehead atoms. The number of nitrogens with one attached hydrogen (secondary N) is 2. The number of aromatic nitrogens is 2. The molecule has 0 aromatic carbocycles. The van der Waals surface area contributed by atoms with Gasteiger partial charge in [-0.2, -0.15) is 0 Å². The zero-order valence-corrected chi connectivity index (χ0v) is 26.1. The van der Waals surface area contributed by atoms with Crippen LogP contribution < -0.4 is 10.6 Å². The van der Waals surface area contributed by atoms with Crippen LogP contribution in [0.3, 0.4) is 0 Å². The summed E-state index contributed by atoms with van der Waals surface area (Å²) in [6.07, 6.45) is -18.3. The summed E-state index contributed by atoms with van der Waals surface area (Å²) in [5.74, 6) is -4.09. The lowest BCUT2D eigenvalue weighted by Crippen LogP contribution is -2.68. The lowest BCUT2D eigenvalue weighted by atomic mass is 9.84. The van der Waals surface area contributed by atoms with Crippen LogP contribution in [-0.4, -0.2) is 195 Å². The van der Waals surface area contributed by atoms with Crippen LogP contribution in [0.4, 0.5) is 0 Å². The quantitative estimate of drug-likeness (QED) is 0.0859. The Balaban J connectivity index is 1.83. The Kier molecular flexibility index (Phi) is 14.5. The van der Waals surface area contributed by atoms with Crippen LogP contribution >= 0.6 is 0 Å². The molecule has 2 fully saturated rings. The number of carbonyl (C=O) groups excluding carboxylic acids is 2. The van der Waals surface area contributed by atoms with Crippen LogP contribution in [0.15, 0.2) is 12.4 Å². The maximum Gasteiger partial charge on any atom is 0.217 e. The van der Waals surface area contributed by atoms with E-state index >= 15 is 0 Å². The highest BCUT2D eigenvalue weighted by molar-refractivity contribution is 5.73. The standard InChI is InChI=1S/C28H46N4O16/c1-9(37)31-17-23(43)21(41)15(7-35)47-27(17)25(45)19(39)11(5-33)13-3-30-14(4-29-13)12(6-34)20(40)26(46)28-18(32-10(2)38)24(44)22(42)16(8-36)48-28/h3-4,11-12,15-28,33-36,39-46H,5-8H2,1-2H3,(H,31,37)(H,32,38)/t11?,12?,15-,16-,17+,18+,19?,20?,21-,22-,23-,24-,25?,26?,27-,28-/m1/s1. The van der Waals surface area contributed by atoms with Gasteiger partial charge in [-0.05, 0) is 0 Å². The summed E-state index contributed by atoms with van der Waals surface area (Å²) in [4.78, 5) is 31.7. The van der Waals surface area contributed by atoms with Crippen molar-refractivity contribution in [3.05, 3.63) is 23.8 Å². The highest BCUT2D eigenvalue weighted by atomic mass is 16.6. The van der Waals surface area contributed by atoms with Crippen molar-refractivity contribution in [1.29, 1.82) is 0 Å². The molecule has 20 heteroatoms. The number of nitrogens with zero attached hydrogens (tertiary/aromatic N) is 2. The molecule has 6 unspecified atom stereocenters. The largest absolute Gasteiger partial charge is 0.396 e. The highest BCUT2D eigenvalue weighted by Crippen LogP contribution is 2.31. The number of rotatable bonds is 14. The average Bonchev–Trinajstić information content (AvgIpc) is 3.06. The topological polar surface area (TPSA) is 345 Å². The lowest BCUT2D eigenvalue weighted by Gasteiger charge is -2.45. The van der Waals surface area contributed by atoms with Crippen molar-refractivity contribution in [3.8, 4) is 0 Å². The van der Waals surface area contributed by atoms with Crippen molar-refractivity contribution in [3.63, 3.8) is 0 Å². The maximum atomic E-state index is 11.8. The van der Waals surface area contributed by atoms with Gasteiger partial charge in [0.1, 0.15) is 61.0 Å². The normalized spacial score (nSPS) is 34.7. The molecule has 2 aliphatic heterocycles. The second-order valence-corrected chi connectivity index (χ2v) is 12.0. The first-order chi connectivity index (χ1) is 22.6. The van der Waals surface area contributed by atoms with Gasteiger partial charge in [0, 0.05) is 26.2 Å². The van der Waals surface area contributed by atoms with E-state index in [-0.39, 0.29) is 11.4 Å². The molecule has 2 aliphatic rings. The van der Waals surface area contributed by atoms with Crippen molar-refractivity contribution in [2.24, 2.45) is 0 Å². The summed E-state index contributed by atoms with van der Waals surface area (Å²) in [5.41, 5.74) is -0.232. The van der Waals surface area contributed by atoms with Crippen LogP contribution in [0.5, 0.6) is 0 Å². The van der Waals surface area contributed by atoms with Crippen molar-refractivity contribution >= 4 is 11.8 Å². The van der Waals surface area contributed by atoms with Crippen molar-refractivity contribution in [1.82, 2.24) is 20.6 Å². The molecule has 3 heterocycles. The molecule has 2 amide bonds. The zero-order chi connectivity index (χ0) is 36.0. The van der Waals surface area contributed by atoms with E-state index in [0.717, 1.165) is 26.2 Å². The molecule has 0 spiro atoms. The molecular formula is C28H46N4O16. The summed E-state index contributed by atoms with van der Waals surface area (Å²) in [6, 6.07) is -2.88. The van der Waals surface area contributed by atoms with Gasteiger partial charge in [-0.25, -0.2) is 0 Å². The Morgan fingerprint density at radius 1 is 0.667 bits per heavy atom. The molecule has 20 nitrogen and oxygen atoms in total. The molecular weight excluding hydrogens is 648 g/mol. The molecule has 48 heavy (non-hydrogen) atoms. The number of aliphatic hydroxyl groups is 12. The van der Waals surface area contributed by atoms with Gasteiger partial charge in [0.2, 0.25) is 11.8 Å². The average molecular weight is 695 g/mol. The molecule has 2 saturated heterocycles. The smallest absolute Gasteiger partial charge is 0.217 e. The summed E-state index contributed by atoms with van der Waals surface area (Å²) in [5, 5.41) is 130. The third-order valence-electron chi connectivity index (χ3n) is 8.71. The molecule has 274 valence electrons. The van der Waals surface area contributed by atoms with Crippen molar-refractivity contribution < 1.29 is 80.3 Å².